The van der Waals surface area contributed by atoms with Crippen LogP contribution in [0.2, 0.25) is 0 Å². The minimum absolute atomic E-state index is 0.604. The molecular weight excluding hydrogens is 148 g/mol. The molecule has 0 atom stereocenters. The van der Waals surface area contributed by atoms with Gasteiger partial charge in [0.25, 0.3) is 0 Å². The van der Waals surface area contributed by atoms with Crippen molar-refractivity contribution in [2.75, 3.05) is 0 Å². The van der Waals surface area contributed by atoms with Crippen LogP contribution in [-0.2, 0) is 0 Å². The molecule has 3 N–H and O–H groups in total. The summed E-state index contributed by atoms with van der Waals surface area (Å²) in [5, 5.41) is 1.13. The van der Waals surface area contributed by atoms with Crippen LogP contribution in [0.5, 0.6) is 0 Å². The van der Waals surface area contributed by atoms with Gasteiger partial charge in [-0.05, 0) is 6.07 Å². The van der Waals surface area contributed by atoms with Crippen molar-refractivity contribution < 1.29 is 0 Å². The van der Waals surface area contributed by atoms with Crippen molar-refractivity contribution in [3.63, 3.8) is 0 Å². The largest absolute Gasteiger partial charge is 0.399 e. The Bertz CT molecular complexity index is 426. The summed E-state index contributed by atoms with van der Waals surface area (Å²) >= 11 is 0. The molecule has 0 spiro atoms. The average molecular weight is 158 g/mol. The Morgan fingerprint density at radius 2 is 2.08 bits per heavy atom. The van der Waals surface area contributed by atoms with E-state index in [1.54, 1.807) is 0 Å². The second-order valence-corrected chi connectivity index (χ2v) is 2.77. The van der Waals surface area contributed by atoms with Crippen molar-refractivity contribution in [3.05, 3.63) is 42.6 Å². The molecule has 2 rings (SSSR count). The van der Waals surface area contributed by atoms with Gasteiger partial charge in [0.05, 0.1) is 0 Å². The van der Waals surface area contributed by atoms with E-state index in [1.807, 2.05) is 30.5 Å². The molecule has 0 bridgehead atoms. The van der Waals surface area contributed by atoms with Gasteiger partial charge in [0.15, 0.2) is 0 Å². The molecule has 1 aromatic carbocycles. The van der Waals surface area contributed by atoms with Gasteiger partial charge >= 0.3 is 0 Å². The van der Waals surface area contributed by atoms with E-state index in [2.05, 4.69) is 11.6 Å². The summed E-state index contributed by atoms with van der Waals surface area (Å²) in [6.45, 7) is 3.71. The van der Waals surface area contributed by atoms with E-state index >= 15 is 0 Å². The van der Waals surface area contributed by atoms with E-state index in [0.717, 1.165) is 16.5 Å². The molecule has 0 amide bonds. The van der Waals surface area contributed by atoms with Crippen LogP contribution < -0.4 is 5.73 Å². The standard InChI is InChI=1S/C10H10N2/c1-7(11)9-6-12-10-5-3-2-4-8(9)10/h2-6,12H,1,11H2. The molecule has 60 valence electrons. The molecule has 1 heterocycles. The van der Waals surface area contributed by atoms with Crippen LogP contribution in [0.4, 0.5) is 0 Å². The van der Waals surface area contributed by atoms with Crippen LogP contribution in [0.1, 0.15) is 5.56 Å². The van der Waals surface area contributed by atoms with Gasteiger partial charge in [-0.1, -0.05) is 24.8 Å². The molecule has 2 aromatic rings. The first-order chi connectivity index (χ1) is 5.79. The van der Waals surface area contributed by atoms with Crippen molar-refractivity contribution >= 4 is 16.6 Å². The number of aromatic nitrogens is 1. The molecule has 0 unspecified atom stereocenters. The number of aromatic amines is 1. The fourth-order valence-corrected chi connectivity index (χ4v) is 1.34. The van der Waals surface area contributed by atoms with Gasteiger partial charge in [-0.3, -0.25) is 0 Å². The molecule has 0 fully saturated rings. The van der Waals surface area contributed by atoms with Crippen LogP contribution in [0.25, 0.3) is 16.6 Å². The highest BCUT2D eigenvalue weighted by molar-refractivity contribution is 5.91. The van der Waals surface area contributed by atoms with Crippen molar-refractivity contribution in [3.8, 4) is 0 Å². The zero-order valence-electron chi connectivity index (χ0n) is 6.67. The summed E-state index contributed by atoms with van der Waals surface area (Å²) in [6, 6.07) is 8.02. The van der Waals surface area contributed by atoms with Gasteiger partial charge in [0.1, 0.15) is 0 Å². The van der Waals surface area contributed by atoms with Gasteiger partial charge in [0, 0.05) is 28.4 Å². The highest BCUT2D eigenvalue weighted by atomic mass is 14.7. The lowest BCUT2D eigenvalue weighted by atomic mass is 10.1. The van der Waals surface area contributed by atoms with E-state index in [0.29, 0.717) is 5.70 Å². The van der Waals surface area contributed by atoms with Gasteiger partial charge in [-0.2, -0.15) is 0 Å². The van der Waals surface area contributed by atoms with Crippen molar-refractivity contribution in [2.45, 2.75) is 0 Å². The number of nitrogens with two attached hydrogens (primary N) is 1. The number of hydrogen-bond donors (Lipinski definition) is 2. The average Bonchev–Trinajstić information content (AvgIpc) is 2.47. The molecule has 0 saturated carbocycles. The first kappa shape index (κ1) is 6.98. The van der Waals surface area contributed by atoms with E-state index in [4.69, 9.17) is 5.73 Å². The normalized spacial score (nSPS) is 10.3. The number of para-hydroxylation sites is 1. The third kappa shape index (κ3) is 0.889. The summed E-state index contributed by atoms with van der Waals surface area (Å²) in [5.41, 5.74) is 8.30. The lowest BCUT2D eigenvalue weighted by Gasteiger charge is -1.94. The SMILES string of the molecule is C=C(N)c1c[nH]c2ccccc12. The van der Waals surface area contributed by atoms with Crippen LogP contribution in [0, 0.1) is 0 Å². The molecule has 2 nitrogen and oxygen atoms in total. The molecule has 0 radical (unpaired) electrons. The molecule has 1 aromatic heterocycles. The quantitative estimate of drug-likeness (QED) is 0.655. The predicted molar refractivity (Wildman–Crippen MR) is 51.5 cm³/mol. The fourth-order valence-electron chi connectivity index (χ4n) is 1.34. The third-order valence-electron chi connectivity index (χ3n) is 1.94. The summed E-state index contributed by atoms with van der Waals surface area (Å²) < 4.78 is 0. The Kier molecular flexibility index (Phi) is 1.40. The number of H-pyrrole nitrogens is 1. The maximum Gasteiger partial charge on any atom is 0.0460 e. The van der Waals surface area contributed by atoms with Crippen LogP contribution in [0.15, 0.2) is 37.0 Å². The number of nitrogens with one attached hydrogen (secondary N) is 1. The first-order valence-corrected chi connectivity index (χ1v) is 3.80. The minimum Gasteiger partial charge on any atom is -0.399 e. The lowest BCUT2D eigenvalue weighted by Crippen LogP contribution is -1.91. The second kappa shape index (κ2) is 2.41. The molecule has 0 aliphatic carbocycles. The Morgan fingerprint density at radius 3 is 2.83 bits per heavy atom. The molecular formula is C10H10N2. The number of benzene rings is 1. The number of hydrogen-bond acceptors (Lipinski definition) is 1. The van der Waals surface area contributed by atoms with Crippen LogP contribution in [0.3, 0.4) is 0 Å². The Labute approximate surface area is 70.7 Å². The Balaban J connectivity index is 2.79. The number of rotatable bonds is 1. The summed E-state index contributed by atoms with van der Waals surface area (Å²) in [7, 11) is 0. The van der Waals surface area contributed by atoms with E-state index < -0.39 is 0 Å². The summed E-state index contributed by atoms with van der Waals surface area (Å²) in [5.74, 6) is 0. The van der Waals surface area contributed by atoms with E-state index in [1.165, 1.54) is 0 Å². The smallest absolute Gasteiger partial charge is 0.0460 e. The Hall–Kier alpha value is -1.70. The molecule has 2 heteroatoms. The minimum atomic E-state index is 0.604. The van der Waals surface area contributed by atoms with Crippen molar-refractivity contribution in [2.24, 2.45) is 5.73 Å². The van der Waals surface area contributed by atoms with Crippen LogP contribution in [-0.4, -0.2) is 4.98 Å². The van der Waals surface area contributed by atoms with Crippen LogP contribution >= 0.6 is 0 Å². The first-order valence-electron chi connectivity index (χ1n) is 3.80. The predicted octanol–water partition coefficient (Wildman–Crippen LogP) is 2.10. The van der Waals surface area contributed by atoms with Gasteiger partial charge in [-0.15, -0.1) is 0 Å². The zero-order chi connectivity index (χ0) is 8.55. The maximum atomic E-state index is 5.61. The highest BCUT2D eigenvalue weighted by Gasteiger charge is 2.01. The molecule has 0 aliphatic heterocycles. The molecule has 12 heavy (non-hydrogen) atoms. The third-order valence-corrected chi connectivity index (χ3v) is 1.94. The van der Waals surface area contributed by atoms with E-state index in [9.17, 15) is 0 Å². The Morgan fingerprint density at radius 1 is 1.33 bits per heavy atom. The topological polar surface area (TPSA) is 41.8 Å². The van der Waals surface area contributed by atoms with Gasteiger partial charge in [0.2, 0.25) is 0 Å². The van der Waals surface area contributed by atoms with Crippen molar-refractivity contribution in [1.82, 2.24) is 4.98 Å². The van der Waals surface area contributed by atoms with Gasteiger partial charge in [-0.25, -0.2) is 0 Å². The lowest BCUT2D eigenvalue weighted by molar-refractivity contribution is 1.45. The van der Waals surface area contributed by atoms with E-state index in [-0.39, 0.29) is 0 Å². The highest BCUT2D eigenvalue weighted by Crippen LogP contribution is 2.20. The monoisotopic (exact) mass is 158 g/mol. The fraction of sp³-hybridized carbons (Fsp3) is 0. The zero-order valence-corrected chi connectivity index (χ0v) is 6.67. The molecule has 0 aliphatic rings. The summed E-state index contributed by atoms with van der Waals surface area (Å²) in [4.78, 5) is 3.13. The summed E-state index contributed by atoms with van der Waals surface area (Å²) in [6.07, 6.45) is 1.88. The van der Waals surface area contributed by atoms with Crippen molar-refractivity contribution in [1.29, 1.82) is 0 Å². The van der Waals surface area contributed by atoms with Gasteiger partial charge < -0.3 is 10.7 Å². The molecule has 0 saturated heterocycles. The maximum absolute atomic E-state index is 5.61. The number of fused-ring (bicyclic) bond motifs is 1. The second-order valence-electron chi connectivity index (χ2n) is 2.77.